The average Bonchev–Trinajstić information content (AvgIpc) is 2.75. The van der Waals surface area contributed by atoms with Gasteiger partial charge in [-0.25, -0.2) is 0 Å². The van der Waals surface area contributed by atoms with Crippen LogP contribution in [-0.2, 0) is 9.59 Å². The summed E-state index contributed by atoms with van der Waals surface area (Å²) >= 11 is 3.90. The van der Waals surface area contributed by atoms with Crippen molar-refractivity contribution >= 4 is 54.0 Å². The van der Waals surface area contributed by atoms with Gasteiger partial charge in [0, 0.05) is 11.0 Å². The van der Waals surface area contributed by atoms with Crippen LogP contribution < -0.4 is 26.5 Å². The molecule has 0 saturated carbocycles. The highest BCUT2D eigenvalue weighted by Crippen LogP contribution is 2.35. The molecule has 0 aliphatic heterocycles. The topological polar surface area (TPSA) is 58.2 Å². The molecule has 0 aliphatic rings. The third kappa shape index (κ3) is 5.22. The molecule has 28 heavy (non-hydrogen) atoms. The number of thiol groups is 1. The number of rotatable bonds is 7. The second-order valence-electron chi connectivity index (χ2n) is 6.01. The first kappa shape index (κ1) is 20.1. The summed E-state index contributed by atoms with van der Waals surface area (Å²) in [6.07, 6.45) is 0. The molecular weight excluding hydrogens is 387 g/mol. The minimum absolute atomic E-state index is 0.0528. The van der Waals surface area contributed by atoms with Crippen LogP contribution in [0.2, 0.25) is 0 Å². The van der Waals surface area contributed by atoms with Crippen molar-refractivity contribution in [2.24, 2.45) is 0 Å². The first-order valence-electron chi connectivity index (χ1n) is 8.85. The number of para-hydroxylation sites is 1. The van der Waals surface area contributed by atoms with Gasteiger partial charge in [-0.2, -0.15) is 12.6 Å². The minimum Gasteiger partial charge on any atom is -0.346 e. The predicted octanol–water partition coefficient (Wildman–Crippen LogP) is 2.43. The molecule has 142 valence electrons. The fourth-order valence-corrected chi connectivity index (χ4v) is 5.30. The zero-order valence-electron chi connectivity index (χ0n) is 15.2. The maximum absolute atomic E-state index is 12.3. The maximum atomic E-state index is 12.3. The van der Waals surface area contributed by atoms with Gasteiger partial charge in [0.15, 0.2) is 0 Å². The maximum Gasteiger partial charge on any atom is 0.243 e. The Kier molecular flexibility index (Phi) is 7.24. The van der Waals surface area contributed by atoms with E-state index in [-0.39, 0.29) is 24.1 Å². The summed E-state index contributed by atoms with van der Waals surface area (Å²) in [5, 5.41) is 8.95. The summed E-state index contributed by atoms with van der Waals surface area (Å²) in [5.41, 5.74) is 0.756. The summed E-state index contributed by atoms with van der Waals surface area (Å²) in [5.74, 6) is -0.488. The molecular formula is C22H21N2O2PS. The highest BCUT2D eigenvalue weighted by atomic mass is 32.1. The van der Waals surface area contributed by atoms with Gasteiger partial charge < -0.3 is 10.6 Å². The Balaban J connectivity index is 1.94. The average molecular weight is 408 g/mol. The van der Waals surface area contributed by atoms with Crippen LogP contribution in [0, 0.1) is 0 Å². The molecule has 0 radical (unpaired) electrons. The third-order valence-corrected chi connectivity index (χ3v) is 6.83. The van der Waals surface area contributed by atoms with E-state index in [2.05, 4.69) is 47.5 Å². The Labute approximate surface area is 171 Å². The molecule has 2 amide bonds. The lowest BCUT2D eigenvalue weighted by Gasteiger charge is -2.22. The van der Waals surface area contributed by atoms with Crippen molar-refractivity contribution in [1.29, 1.82) is 0 Å². The SMILES string of the molecule is O=C(CS)NCC(=O)Nc1ccccc1P(c1ccccc1)c1ccccc1. The van der Waals surface area contributed by atoms with E-state index in [9.17, 15) is 9.59 Å². The fraction of sp³-hybridized carbons (Fsp3) is 0.0909. The number of carbonyl (C=O) groups excluding carboxylic acids is 2. The molecule has 0 atom stereocenters. The predicted molar refractivity (Wildman–Crippen MR) is 121 cm³/mol. The van der Waals surface area contributed by atoms with E-state index in [1.165, 1.54) is 10.6 Å². The van der Waals surface area contributed by atoms with Crippen LogP contribution in [0.3, 0.4) is 0 Å². The van der Waals surface area contributed by atoms with Gasteiger partial charge in [-0.3, -0.25) is 9.59 Å². The summed E-state index contributed by atoms with van der Waals surface area (Å²) in [4.78, 5) is 23.7. The van der Waals surface area contributed by atoms with Gasteiger partial charge in [0.2, 0.25) is 11.8 Å². The van der Waals surface area contributed by atoms with Crippen LogP contribution in [0.4, 0.5) is 5.69 Å². The van der Waals surface area contributed by atoms with Crippen molar-refractivity contribution in [3.05, 3.63) is 84.9 Å². The first-order valence-corrected chi connectivity index (χ1v) is 10.8. The van der Waals surface area contributed by atoms with Crippen molar-refractivity contribution in [1.82, 2.24) is 5.32 Å². The fourth-order valence-electron chi connectivity index (χ4n) is 2.78. The lowest BCUT2D eigenvalue weighted by atomic mass is 10.3. The van der Waals surface area contributed by atoms with Gasteiger partial charge in [-0.05, 0) is 24.6 Å². The molecule has 0 bridgehead atoms. The molecule has 2 N–H and O–H groups in total. The number of anilines is 1. The number of benzene rings is 3. The normalized spacial score (nSPS) is 10.5. The Morgan fingerprint density at radius 3 is 1.86 bits per heavy atom. The largest absolute Gasteiger partial charge is 0.346 e. The molecule has 0 fully saturated rings. The van der Waals surface area contributed by atoms with Gasteiger partial charge in [-0.1, -0.05) is 78.9 Å². The van der Waals surface area contributed by atoms with Crippen molar-refractivity contribution in [2.75, 3.05) is 17.6 Å². The molecule has 0 spiro atoms. The molecule has 0 aliphatic carbocycles. The Morgan fingerprint density at radius 1 is 0.750 bits per heavy atom. The first-order chi connectivity index (χ1) is 13.7. The quantitative estimate of drug-likeness (QED) is 0.416. The van der Waals surface area contributed by atoms with E-state index < -0.39 is 7.92 Å². The number of hydrogen-bond acceptors (Lipinski definition) is 3. The highest BCUT2D eigenvalue weighted by molar-refractivity contribution is 7.81. The molecule has 3 rings (SSSR count). The summed E-state index contributed by atoms with van der Waals surface area (Å²) in [6, 6.07) is 28.4. The lowest BCUT2D eigenvalue weighted by molar-refractivity contribution is -0.122. The summed E-state index contributed by atoms with van der Waals surface area (Å²) in [6.45, 7) is -0.0810. The Morgan fingerprint density at radius 2 is 1.29 bits per heavy atom. The highest BCUT2D eigenvalue weighted by Gasteiger charge is 2.20. The van der Waals surface area contributed by atoms with Crippen LogP contribution in [-0.4, -0.2) is 24.1 Å². The van der Waals surface area contributed by atoms with Gasteiger partial charge in [0.25, 0.3) is 0 Å². The lowest BCUT2D eigenvalue weighted by Crippen LogP contribution is -2.34. The van der Waals surface area contributed by atoms with Crippen molar-refractivity contribution in [3.63, 3.8) is 0 Å². The standard InChI is InChI=1S/C22H21N2O2PS/c25-21(15-23-22(26)16-28)24-19-13-7-8-14-20(19)27(17-9-3-1-4-10-17)18-11-5-2-6-12-18/h1-14,28H,15-16H2,(H,23,26)(H,24,25). The summed E-state index contributed by atoms with van der Waals surface area (Å²) in [7, 11) is -0.836. The third-order valence-electron chi connectivity index (χ3n) is 4.04. The van der Waals surface area contributed by atoms with Crippen molar-refractivity contribution in [3.8, 4) is 0 Å². The molecule has 3 aromatic carbocycles. The van der Waals surface area contributed by atoms with Crippen LogP contribution in [0.25, 0.3) is 0 Å². The van der Waals surface area contributed by atoms with E-state index in [0.717, 1.165) is 11.0 Å². The zero-order chi connectivity index (χ0) is 19.8. The zero-order valence-corrected chi connectivity index (χ0v) is 17.0. The molecule has 0 heterocycles. The van der Waals surface area contributed by atoms with Gasteiger partial charge in [0.1, 0.15) is 0 Å². The molecule has 3 aromatic rings. The Bertz CT molecular complexity index is 896. The van der Waals surface area contributed by atoms with E-state index in [0.29, 0.717) is 0 Å². The summed E-state index contributed by atoms with van der Waals surface area (Å²) < 4.78 is 0. The van der Waals surface area contributed by atoms with E-state index in [1.807, 2.05) is 60.7 Å². The Hall–Kier alpha value is -2.62. The number of hydrogen-bond donors (Lipinski definition) is 3. The van der Waals surface area contributed by atoms with E-state index >= 15 is 0 Å². The van der Waals surface area contributed by atoms with Crippen LogP contribution >= 0.6 is 20.6 Å². The molecule has 0 saturated heterocycles. The smallest absolute Gasteiger partial charge is 0.243 e. The molecule has 0 unspecified atom stereocenters. The number of amides is 2. The van der Waals surface area contributed by atoms with Crippen molar-refractivity contribution < 1.29 is 9.59 Å². The molecule has 0 aromatic heterocycles. The molecule has 6 heteroatoms. The van der Waals surface area contributed by atoms with Crippen LogP contribution in [0.1, 0.15) is 0 Å². The van der Waals surface area contributed by atoms with Crippen LogP contribution in [0.5, 0.6) is 0 Å². The van der Waals surface area contributed by atoms with Gasteiger partial charge in [0.05, 0.1) is 12.3 Å². The van der Waals surface area contributed by atoms with Crippen LogP contribution in [0.15, 0.2) is 84.9 Å². The van der Waals surface area contributed by atoms with Gasteiger partial charge >= 0.3 is 0 Å². The van der Waals surface area contributed by atoms with Crippen molar-refractivity contribution in [2.45, 2.75) is 0 Å². The minimum atomic E-state index is -0.836. The van der Waals surface area contributed by atoms with E-state index in [1.54, 1.807) is 0 Å². The number of carbonyl (C=O) groups is 2. The van der Waals surface area contributed by atoms with E-state index in [4.69, 9.17) is 0 Å². The second-order valence-corrected chi connectivity index (χ2v) is 8.51. The van der Waals surface area contributed by atoms with Gasteiger partial charge in [-0.15, -0.1) is 0 Å². The number of nitrogens with one attached hydrogen (secondary N) is 2. The monoisotopic (exact) mass is 408 g/mol. The second kappa shape index (κ2) is 10.1. The molecule has 4 nitrogen and oxygen atoms in total.